The molecular formula is C29H28ClF3N6O2. The molecule has 0 radical (unpaired) electrons. The topological polar surface area (TPSA) is 91.3 Å². The van der Waals surface area contributed by atoms with E-state index in [4.69, 9.17) is 11.6 Å². The highest BCUT2D eigenvalue weighted by atomic mass is 35.5. The molecule has 0 unspecified atom stereocenters. The van der Waals surface area contributed by atoms with Crippen LogP contribution in [0.1, 0.15) is 59.4 Å². The molecule has 2 aromatic heterocycles. The van der Waals surface area contributed by atoms with Gasteiger partial charge in [-0.3, -0.25) is 14.6 Å². The highest BCUT2D eigenvalue weighted by Gasteiger charge is 2.58. The number of nitrogens with zero attached hydrogens (tertiary/aromatic N) is 5. The van der Waals surface area contributed by atoms with Gasteiger partial charge in [-0.05, 0) is 62.3 Å². The van der Waals surface area contributed by atoms with Crippen LogP contribution < -0.4 is 15.1 Å². The Kier molecular flexibility index (Phi) is 7.09. The summed E-state index contributed by atoms with van der Waals surface area (Å²) in [4.78, 5) is 42.5. The van der Waals surface area contributed by atoms with Crippen molar-refractivity contribution in [2.45, 2.75) is 50.5 Å². The molecule has 214 valence electrons. The number of hydrogen-bond acceptors (Lipinski definition) is 6. The standard InChI is InChI=1S/C29H28ClF3N6O2/c1-16-24(11-34-15-36-16)38-13-29(14-38)22-7-4-19(31)9-23(22)39(28(29)41)12-17-2-5-20(6-3-17)37-27(40)21-8-18(30)10-35-25(21)26(32)33/h4,7-11,15,17,20,26H,2-3,5-6,12-14H2,1H3,(H,37,40). The third kappa shape index (κ3) is 4.90. The van der Waals surface area contributed by atoms with Gasteiger partial charge >= 0.3 is 0 Å². The largest absolute Gasteiger partial charge is 0.366 e. The molecule has 1 spiro atoms. The zero-order chi connectivity index (χ0) is 28.9. The van der Waals surface area contributed by atoms with Crippen molar-refractivity contribution in [3.63, 3.8) is 0 Å². The molecule has 3 aliphatic rings. The summed E-state index contributed by atoms with van der Waals surface area (Å²) in [5.74, 6) is -0.920. The van der Waals surface area contributed by atoms with Gasteiger partial charge in [-0.25, -0.2) is 23.1 Å². The number of fused-ring (bicyclic) bond motifs is 2. The normalized spacial score (nSPS) is 21.3. The van der Waals surface area contributed by atoms with E-state index in [0.717, 1.165) is 23.1 Å². The van der Waals surface area contributed by atoms with Gasteiger partial charge in [-0.15, -0.1) is 0 Å². The summed E-state index contributed by atoms with van der Waals surface area (Å²) in [6.45, 7) is 3.27. The molecule has 1 aliphatic carbocycles. The lowest BCUT2D eigenvalue weighted by Gasteiger charge is -2.48. The van der Waals surface area contributed by atoms with Crippen molar-refractivity contribution in [3.05, 3.63) is 76.3 Å². The summed E-state index contributed by atoms with van der Waals surface area (Å²) in [6.07, 6.45) is 4.11. The summed E-state index contributed by atoms with van der Waals surface area (Å²) in [5, 5.41) is 2.95. The highest BCUT2D eigenvalue weighted by Crippen LogP contribution is 2.49. The molecule has 12 heteroatoms. The van der Waals surface area contributed by atoms with Crippen LogP contribution >= 0.6 is 11.6 Å². The van der Waals surface area contributed by atoms with Gasteiger partial charge in [0, 0.05) is 31.9 Å². The van der Waals surface area contributed by atoms with E-state index in [-0.39, 0.29) is 28.5 Å². The molecular weight excluding hydrogens is 557 g/mol. The molecule has 6 rings (SSSR count). The first-order valence-electron chi connectivity index (χ1n) is 13.5. The van der Waals surface area contributed by atoms with Crippen LogP contribution in [0.3, 0.4) is 0 Å². The Hall–Kier alpha value is -3.73. The zero-order valence-corrected chi connectivity index (χ0v) is 23.0. The molecule has 1 N–H and O–H groups in total. The van der Waals surface area contributed by atoms with Crippen molar-refractivity contribution in [3.8, 4) is 0 Å². The Bertz CT molecular complexity index is 1510. The number of amides is 2. The minimum Gasteiger partial charge on any atom is -0.366 e. The summed E-state index contributed by atoms with van der Waals surface area (Å²) < 4.78 is 41.1. The fourth-order valence-electron chi connectivity index (χ4n) is 6.39. The van der Waals surface area contributed by atoms with E-state index in [0.29, 0.717) is 51.0 Å². The van der Waals surface area contributed by atoms with Gasteiger partial charge in [0.1, 0.15) is 23.3 Å². The number of carbonyl (C=O) groups is 2. The number of halogens is 4. The average Bonchev–Trinajstić information content (AvgIpc) is 3.16. The van der Waals surface area contributed by atoms with Crippen LogP contribution in [-0.2, 0) is 10.2 Å². The van der Waals surface area contributed by atoms with Gasteiger partial charge < -0.3 is 15.1 Å². The highest BCUT2D eigenvalue weighted by molar-refractivity contribution is 6.30. The summed E-state index contributed by atoms with van der Waals surface area (Å²) >= 11 is 5.90. The van der Waals surface area contributed by atoms with Gasteiger partial charge in [0.25, 0.3) is 12.3 Å². The maximum Gasteiger partial charge on any atom is 0.281 e. The van der Waals surface area contributed by atoms with Crippen molar-refractivity contribution >= 4 is 34.8 Å². The van der Waals surface area contributed by atoms with Crippen LogP contribution in [0.2, 0.25) is 5.02 Å². The third-order valence-corrected chi connectivity index (χ3v) is 8.73. The number of anilines is 2. The summed E-state index contributed by atoms with van der Waals surface area (Å²) in [6, 6.07) is 5.56. The molecule has 2 fully saturated rings. The molecule has 3 aromatic rings. The van der Waals surface area contributed by atoms with Crippen LogP contribution in [0.25, 0.3) is 0 Å². The van der Waals surface area contributed by atoms with Crippen LogP contribution in [0.4, 0.5) is 24.5 Å². The number of hydrogen-bond donors (Lipinski definition) is 1. The first kappa shape index (κ1) is 27.4. The SMILES string of the molecule is Cc1ncncc1N1CC2(C1)C(=O)N(CC1CCC(NC(=O)c3cc(Cl)cnc3C(F)F)CC1)c1cc(F)ccc12. The first-order valence-corrected chi connectivity index (χ1v) is 13.9. The zero-order valence-electron chi connectivity index (χ0n) is 22.3. The number of benzene rings is 1. The second kappa shape index (κ2) is 10.6. The van der Waals surface area contributed by atoms with Crippen LogP contribution in [0.5, 0.6) is 0 Å². The Labute approximate surface area is 239 Å². The lowest BCUT2D eigenvalue weighted by Crippen LogP contribution is -2.64. The Morgan fingerprint density at radius 2 is 1.88 bits per heavy atom. The molecule has 1 saturated heterocycles. The van der Waals surface area contributed by atoms with Gasteiger partial charge in [0.15, 0.2) is 0 Å². The molecule has 0 bridgehead atoms. The van der Waals surface area contributed by atoms with Gasteiger partial charge in [-0.1, -0.05) is 17.7 Å². The van der Waals surface area contributed by atoms with Crippen molar-refractivity contribution < 1.29 is 22.8 Å². The van der Waals surface area contributed by atoms with E-state index in [1.807, 2.05) is 6.92 Å². The number of carbonyl (C=O) groups excluding carboxylic acids is 2. The van der Waals surface area contributed by atoms with Gasteiger partial charge in [0.05, 0.1) is 33.9 Å². The minimum atomic E-state index is -2.90. The molecule has 1 aromatic carbocycles. The molecule has 41 heavy (non-hydrogen) atoms. The number of alkyl halides is 2. The number of nitrogens with one attached hydrogen (secondary N) is 1. The smallest absolute Gasteiger partial charge is 0.281 e. The number of rotatable bonds is 6. The number of pyridine rings is 1. The molecule has 8 nitrogen and oxygen atoms in total. The minimum absolute atomic E-state index is 0.0349. The first-order chi connectivity index (χ1) is 19.7. The number of aryl methyl sites for hydroxylation is 1. The Balaban J connectivity index is 1.12. The van der Waals surface area contributed by atoms with E-state index in [9.17, 15) is 22.8 Å². The van der Waals surface area contributed by atoms with E-state index in [1.165, 1.54) is 24.5 Å². The molecule has 1 saturated carbocycles. The Morgan fingerprint density at radius 1 is 1.12 bits per heavy atom. The van der Waals surface area contributed by atoms with Gasteiger partial charge in [0.2, 0.25) is 5.91 Å². The summed E-state index contributed by atoms with van der Waals surface area (Å²) in [7, 11) is 0. The summed E-state index contributed by atoms with van der Waals surface area (Å²) in [5.41, 5.74) is 1.58. The average molecular weight is 585 g/mol. The van der Waals surface area contributed by atoms with Crippen LogP contribution in [0, 0.1) is 18.7 Å². The predicted molar refractivity (Wildman–Crippen MR) is 147 cm³/mol. The molecule has 2 aliphatic heterocycles. The fraction of sp³-hybridized carbons (Fsp3) is 0.414. The lowest BCUT2D eigenvalue weighted by molar-refractivity contribution is -0.124. The molecule has 2 amide bonds. The molecule has 0 atom stereocenters. The van der Waals surface area contributed by atoms with Crippen LogP contribution in [-0.4, -0.2) is 52.4 Å². The van der Waals surface area contributed by atoms with Crippen molar-refractivity contribution in [1.29, 1.82) is 0 Å². The van der Waals surface area contributed by atoms with E-state index < -0.39 is 29.3 Å². The Morgan fingerprint density at radius 3 is 2.59 bits per heavy atom. The van der Waals surface area contributed by atoms with Crippen molar-refractivity contribution in [2.24, 2.45) is 5.92 Å². The molecule has 4 heterocycles. The van der Waals surface area contributed by atoms with Gasteiger partial charge in [-0.2, -0.15) is 0 Å². The monoisotopic (exact) mass is 584 g/mol. The lowest BCUT2D eigenvalue weighted by atomic mass is 9.74. The second-order valence-corrected chi connectivity index (χ2v) is 11.5. The quantitative estimate of drug-likeness (QED) is 0.438. The van der Waals surface area contributed by atoms with Crippen molar-refractivity contribution in [2.75, 3.05) is 29.4 Å². The second-order valence-electron chi connectivity index (χ2n) is 11.1. The van der Waals surface area contributed by atoms with E-state index >= 15 is 0 Å². The predicted octanol–water partition coefficient (Wildman–Crippen LogP) is 5.00. The maximum absolute atomic E-state index is 14.4. The van der Waals surface area contributed by atoms with Crippen LogP contribution in [0.15, 0.2) is 43.0 Å². The van der Waals surface area contributed by atoms with E-state index in [1.54, 1.807) is 17.2 Å². The number of aromatic nitrogens is 3. The van der Waals surface area contributed by atoms with Crippen molar-refractivity contribution in [1.82, 2.24) is 20.3 Å². The maximum atomic E-state index is 14.4. The van der Waals surface area contributed by atoms with E-state index in [2.05, 4.69) is 25.2 Å². The fourth-order valence-corrected chi connectivity index (χ4v) is 6.55. The third-order valence-electron chi connectivity index (χ3n) is 8.53.